The van der Waals surface area contributed by atoms with Crippen LogP contribution in [0.15, 0.2) is 48.7 Å². The lowest BCUT2D eigenvalue weighted by molar-refractivity contribution is -0.116. The minimum absolute atomic E-state index is 0.108. The largest absolute Gasteiger partial charge is 0.497 e. The van der Waals surface area contributed by atoms with Gasteiger partial charge in [-0.2, -0.15) is 0 Å². The van der Waals surface area contributed by atoms with Crippen LogP contribution < -0.4 is 19.5 Å². The number of hydrogen-bond acceptors (Lipinski definition) is 5. The first-order valence-corrected chi connectivity index (χ1v) is 8.59. The summed E-state index contributed by atoms with van der Waals surface area (Å²) in [5, 5.41) is 2.79. The van der Waals surface area contributed by atoms with Crippen LogP contribution in [0.2, 0.25) is 0 Å². The number of rotatable bonds is 6. The molecule has 138 valence electrons. The SMILES string of the molecule is COc1ccc(-c2cnc(NC(=O)CCc3ccc4c(c3)OCO4)[nH]2)cc1. The quantitative estimate of drug-likeness (QED) is 0.699. The normalized spacial score (nSPS) is 12.0. The number of hydrogen-bond donors (Lipinski definition) is 2. The van der Waals surface area contributed by atoms with Gasteiger partial charge in [-0.15, -0.1) is 0 Å². The molecule has 7 heteroatoms. The fourth-order valence-corrected chi connectivity index (χ4v) is 2.85. The van der Waals surface area contributed by atoms with E-state index in [-0.39, 0.29) is 12.7 Å². The third-order valence-electron chi connectivity index (χ3n) is 4.31. The minimum Gasteiger partial charge on any atom is -0.497 e. The Balaban J connectivity index is 1.33. The van der Waals surface area contributed by atoms with E-state index in [9.17, 15) is 4.79 Å². The van der Waals surface area contributed by atoms with E-state index in [1.807, 2.05) is 42.5 Å². The van der Waals surface area contributed by atoms with Crippen molar-refractivity contribution in [2.45, 2.75) is 12.8 Å². The van der Waals surface area contributed by atoms with E-state index in [2.05, 4.69) is 15.3 Å². The molecule has 0 saturated heterocycles. The van der Waals surface area contributed by atoms with Crippen LogP contribution in [-0.2, 0) is 11.2 Å². The van der Waals surface area contributed by atoms with Crippen LogP contribution in [0.5, 0.6) is 17.2 Å². The van der Waals surface area contributed by atoms with Gasteiger partial charge in [0.15, 0.2) is 11.5 Å². The van der Waals surface area contributed by atoms with E-state index in [1.165, 1.54) is 0 Å². The van der Waals surface area contributed by atoms with Gasteiger partial charge in [-0.1, -0.05) is 6.07 Å². The number of nitrogens with zero attached hydrogens (tertiary/aromatic N) is 1. The molecule has 0 spiro atoms. The van der Waals surface area contributed by atoms with Gasteiger partial charge in [-0.25, -0.2) is 4.98 Å². The number of fused-ring (bicyclic) bond motifs is 1. The zero-order valence-electron chi connectivity index (χ0n) is 14.8. The molecule has 2 N–H and O–H groups in total. The molecule has 0 bridgehead atoms. The monoisotopic (exact) mass is 365 g/mol. The number of ether oxygens (including phenoxy) is 3. The molecule has 7 nitrogen and oxygen atoms in total. The lowest BCUT2D eigenvalue weighted by Gasteiger charge is -2.04. The summed E-state index contributed by atoms with van der Waals surface area (Å²) in [7, 11) is 1.63. The number of aromatic nitrogens is 2. The highest BCUT2D eigenvalue weighted by Gasteiger charge is 2.14. The number of aromatic amines is 1. The van der Waals surface area contributed by atoms with Crippen LogP contribution in [0.4, 0.5) is 5.95 Å². The van der Waals surface area contributed by atoms with Gasteiger partial charge >= 0.3 is 0 Å². The van der Waals surface area contributed by atoms with E-state index in [0.717, 1.165) is 34.1 Å². The zero-order valence-corrected chi connectivity index (χ0v) is 14.8. The third kappa shape index (κ3) is 3.87. The number of H-pyrrole nitrogens is 1. The third-order valence-corrected chi connectivity index (χ3v) is 4.31. The molecule has 4 rings (SSSR count). The molecule has 1 aliphatic heterocycles. The second-order valence-electron chi connectivity index (χ2n) is 6.11. The molecule has 0 fully saturated rings. The molecule has 1 aliphatic rings. The van der Waals surface area contributed by atoms with Crippen LogP contribution >= 0.6 is 0 Å². The van der Waals surface area contributed by atoms with Crippen LogP contribution in [0, 0.1) is 0 Å². The van der Waals surface area contributed by atoms with E-state index >= 15 is 0 Å². The molecular formula is C20H19N3O4. The first-order chi connectivity index (χ1) is 13.2. The Hall–Kier alpha value is -3.48. The highest BCUT2D eigenvalue weighted by atomic mass is 16.7. The van der Waals surface area contributed by atoms with Crippen molar-refractivity contribution in [3.8, 4) is 28.5 Å². The number of methoxy groups -OCH3 is 1. The summed E-state index contributed by atoms with van der Waals surface area (Å²) in [6.45, 7) is 0.244. The van der Waals surface area contributed by atoms with Gasteiger partial charge in [0, 0.05) is 6.42 Å². The summed E-state index contributed by atoms with van der Waals surface area (Å²) in [5.41, 5.74) is 2.81. The van der Waals surface area contributed by atoms with Gasteiger partial charge in [-0.05, 0) is 53.9 Å². The number of amides is 1. The Morgan fingerprint density at radius 3 is 2.81 bits per heavy atom. The van der Waals surface area contributed by atoms with E-state index < -0.39 is 0 Å². The summed E-state index contributed by atoms with van der Waals surface area (Å²) < 4.78 is 15.8. The highest BCUT2D eigenvalue weighted by molar-refractivity contribution is 5.89. The number of aryl methyl sites for hydroxylation is 1. The highest BCUT2D eigenvalue weighted by Crippen LogP contribution is 2.32. The molecule has 0 aliphatic carbocycles. The maximum Gasteiger partial charge on any atom is 0.231 e. The van der Waals surface area contributed by atoms with Gasteiger partial charge in [-0.3, -0.25) is 10.1 Å². The van der Waals surface area contributed by atoms with Crippen molar-refractivity contribution in [2.75, 3.05) is 19.2 Å². The Kier molecular flexibility index (Phi) is 4.65. The molecule has 2 heterocycles. The second kappa shape index (κ2) is 7.41. The molecule has 1 aromatic heterocycles. The Bertz CT molecular complexity index is 950. The fraction of sp³-hybridized carbons (Fsp3) is 0.200. The molecule has 0 atom stereocenters. The average molecular weight is 365 g/mol. The average Bonchev–Trinajstić information content (AvgIpc) is 3.35. The molecule has 3 aromatic rings. The molecule has 2 aromatic carbocycles. The minimum atomic E-state index is -0.108. The number of carbonyl (C=O) groups is 1. The standard InChI is InChI=1S/C20H19N3O4/c1-25-15-6-4-14(5-7-15)16-11-21-20(22-16)23-19(24)9-3-13-2-8-17-18(10-13)27-12-26-17/h2,4-8,10-11H,3,9,12H2,1H3,(H2,21,22,23,24). The van der Waals surface area contributed by atoms with Crippen LogP contribution in [0.1, 0.15) is 12.0 Å². The van der Waals surface area contributed by atoms with E-state index in [4.69, 9.17) is 14.2 Å². The van der Waals surface area contributed by atoms with Crippen molar-refractivity contribution in [3.05, 3.63) is 54.2 Å². The number of benzene rings is 2. The molecule has 0 saturated carbocycles. The first kappa shape index (κ1) is 17.0. The summed E-state index contributed by atoms with van der Waals surface area (Å²) in [5.74, 6) is 2.57. The number of nitrogens with one attached hydrogen (secondary N) is 2. The van der Waals surface area contributed by atoms with Crippen molar-refractivity contribution in [1.82, 2.24) is 9.97 Å². The summed E-state index contributed by atoms with van der Waals surface area (Å²) in [4.78, 5) is 19.5. The Morgan fingerprint density at radius 1 is 1.19 bits per heavy atom. The Labute approximate surface area is 156 Å². The van der Waals surface area contributed by atoms with Crippen molar-refractivity contribution in [2.24, 2.45) is 0 Å². The number of anilines is 1. The van der Waals surface area contributed by atoms with Gasteiger partial charge in [0.05, 0.1) is 19.0 Å². The lowest BCUT2D eigenvalue weighted by Crippen LogP contribution is -2.13. The molecule has 0 unspecified atom stereocenters. The van der Waals surface area contributed by atoms with Gasteiger partial charge in [0.1, 0.15) is 5.75 Å². The van der Waals surface area contributed by atoms with Crippen molar-refractivity contribution < 1.29 is 19.0 Å². The van der Waals surface area contributed by atoms with Crippen molar-refractivity contribution >= 4 is 11.9 Å². The predicted octanol–water partition coefficient (Wildman–Crippen LogP) is 3.39. The van der Waals surface area contributed by atoms with Crippen molar-refractivity contribution in [1.29, 1.82) is 0 Å². The van der Waals surface area contributed by atoms with Crippen molar-refractivity contribution in [3.63, 3.8) is 0 Å². The van der Waals surface area contributed by atoms with Crippen LogP contribution in [0.25, 0.3) is 11.3 Å². The van der Waals surface area contributed by atoms with Gasteiger partial charge in [0.25, 0.3) is 0 Å². The second-order valence-corrected chi connectivity index (χ2v) is 6.11. The molecular weight excluding hydrogens is 346 g/mol. The predicted molar refractivity (Wildman–Crippen MR) is 100 cm³/mol. The Morgan fingerprint density at radius 2 is 2.00 bits per heavy atom. The lowest BCUT2D eigenvalue weighted by atomic mass is 10.1. The van der Waals surface area contributed by atoms with E-state index in [1.54, 1.807) is 13.3 Å². The van der Waals surface area contributed by atoms with Gasteiger partial charge < -0.3 is 19.2 Å². The van der Waals surface area contributed by atoms with Crippen LogP contribution in [0.3, 0.4) is 0 Å². The van der Waals surface area contributed by atoms with Gasteiger partial charge in [0.2, 0.25) is 18.6 Å². The summed E-state index contributed by atoms with van der Waals surface area (Å²) in [6.07, 6.45) is 2.64. The maximum absolute atomic E-state index is 12.2. The summed E-state index contributed by atoms with van der Waals surface area (Å²) in [6, 6.07) is 13.3. The zero-order chi connectivity index (χ0) is 18.6. The summed E-state index contributed by atoms with van der Waals surface area (Å²) >= 11 is 0. The number of carbonyl (C=O) groups excluding carboxylic acids is 1. The number of imidazole rings is 1. The molecule has 27 heavy (non-hydrogen) atoms. The first-order valence-electron chi connectivity index (χ1n) is 8.59. The molecule has 1 amide bonds. The maximum atomic E-state index is 12.2. The van der Waals surface area contributed by atoms with E-state index in [0.29, 0.717) is 18.8 Å². The smallest absolute Gasteiger partial charge is 0.231 e. The van der Waals surface area contributed by atoms with Crippen LogP contribution in [-0.4, -0.2) is 29.8 Å². The fourth-order valence-electron chi connectivity index (χ4n) is 2.85. The molecule has 0 radical (unpaired) electrons. The topological polar surface area (TPSA) is 85.5 Å².